The molecule has 0 spiro atoms. The molecule has 0 unspecified atom stereocenters. The van der Waals surface area contributed by atoms with E-state index in [1.54, 1.807) is 0 Å². The van der Waals surface area contributed by atoms with Crippen LogP contribution in [-0.2, 0) is 5.41 Å². The van der Waals surface area contributed by atoms with Crippen LogP contribution in [0.25, 0.3) is 16.7 Å². The smallest absolute Gasteiger partial charge is 0.00296 e. The van der Waals surface area contributed by atoms with E-state index >= 15 is 0 Å². The van der Waals surface area contributed by atoms with Crippen molar-refractivity contribution in [1.29, 1.82) is 0 Å². The average molecular weight is 313 g/mol. The minimum atomic E-state index is 0.182. The Morgan fingerprint density at radius 1 is 0.842 bits per heavy atom. The van der Waals surface area contributed by atoms with Gasteiger partial charge >= 0.3 is 0 Å². The lowest BCUT2D eigenvalue weighted by Gasteiger charge is -2.20. The first-order chi connectivity index (χ1) is 9.02. The summed E-state index contributed by atoms with van der Waals surface area (Å²) in [5.41, 5.74) is 8.19. The van der Waals surface area contributed by atoms with Crippen molar-refractivity contribution < 1.29 is 0 Å². The highest BCUT2D eigenvalue weighted by Gasteiger charge is 2.24. The number of benzene rings is 2. The van der Waals surface area contributed by atoms with Gasteiger partial charge in [-0.1, -0.05) is 73.1 Å². The second-order valence-corrected chi connectivity index (χ2v) is 6.54. The molecule has 1 heteroatoms. The lowest BCUT2D eigenvalue weighted by atomic mass is 9.85. The van der Waals surface area contributed by atoms with E-state index < -0.39 is 0 Å². The average Bonchev–Trinajstić information content (AvgIpc) is 2.70. The third-order valence-corrected chi connectivity index (χ3v) is 4.25. The quantitative estimate of drug-likeness (QED) is 0.496. The predicted octanol–water partition coefficient (Wildman–Crippen LogP) is 5.75. The number of rotatable bonds is 0. The Hall–Kier alpha value is -1.34. The maximum atomic E-state index is 3.53. The monoisotopic (exact) mass is 312 g/mol. The maximum Gasteiger partial charge on any atom is -0.00296 e. The van der Waals surface area contributed by atoms with Gasteiger partial charge in [-0.05, 0) is 49.9 Å². The Morgan fingerprint density at radius 2 is 1.47 bits per heavy atom. The first-order valence-electron chi connectivity index (χ1n) is 6.57. The molecular weight excluding hydrogens is 296 g/mol. The molecule has 0 aromatic heterocycles. The molecule has 2 aromatic carbocycles. The molecule has 0 aliphatic heterocycles. The van der Waals surface area contributed by atoms with Gasteiger partial charge in [0.1, 0.15) is 0 Å². The highest BCUT2D eigenvalue weighted by atomic mass is 79.9. The van der Waals surface area contributed by atoms with E-state index in [0.29, 0.717) is 0 Å². The molecule has 0 N–H and O–H groups in total. The van der Waals surface area contributed by atoms with Crippen LogP contribution in [0.5, 0.6) is 0 Å². The zero-order valence-electron chi connectivity index (χ0n) is 11.5. The first-order valence-corrected chi connectivity index (χ1v) is 7.49. The van der Waals surface area contributed by atoms with Crippen LogP contribution in [0.15, 0.2) is 47.4 Å². The normalized spacial score (nSPS) is 15.5. The fourth-order valence-electron chi connectivity index (χ4n) is 2.68. The molecule has 0 saturated carbocycles. The van der Waals surface area contributed by atoms with Crippen LogP contribution in [0.2, 0.25) is 0 Å². The van der Waals surface area contributed by atoms with E-state index in [2.05, 4.69) is 79.2 Å². The summed E-state index contributed by atoms with van der Waals surface area (Å²) < 4.78 is 0. The van der Waals surface area contributed by atoms with Crippen molar-refractivity contribution in [2.75, 3.05) is 0 Å². The Bertz CT molecular complexity index is 672. The second-order valence-electron chi connectivity index (χ2n) is 6.08. The van der Waals surface area contributed by atoms with Crippen molar-refractivity contribution >= 4 is 21.5 Å². The van der Waals surface area contributed by atoms with Crippen LogP contribution < -0.4 is 0 Å². The van der Waals surface area contributed by atoms with Gasteiger partial charge in [0.05, 0.1) is 0 Å². The first kappa shape index (κ1) is 12.7. The van der Waals surface area contributed by atoms with Crippen molar-refractivity contribution in [2.24, 2.45) is 0 Å². The number of fused-ring (bicyclic) bond motifs is 3. The summed E-state index contributed by atoms with van der Waals surface area (Å²) in [6.45, 7) is 6.77. The summed E-state index contributed by atoms with van der Waals surface area (Å²) in [5.74, 6) is 0. The Labute approximate surface area is 123 Å². The highest BCUT2D eigenvalue weighted by molar-refractivity contribution is 9.11. The predicted molar refractivity (Wildman–Crippen MR) is 86.6 cm³/mol. The van der Waals surface area contributed by atoms with Crippen LogP contribution in [0.4, 0.5) is 0 Å². The molecule has 1 aliphatic rings. The van der Waals surface area contributed by atoms with Crippen LogP contribution >= 0.6 is 15.9 Å². The van der Waals surface area contributed by atoms with E-state index in [0.717, 1.165) is 0 Å². The van der Waals surface area contributed by atoms with Crippen molar-refractivity contribution in [1.82, 2.24) is 0 Å². The van der Waals surface area contributed by atoms with E-state index in [-0.39, 0.29) is 5.41 Å². The molecule has 0 fully saturated rings. The highest BCUT2D eigenvalue weighted by Crippen LogP contribution is 2.45. The zero-order valence-corrected chi connectivity index (χ0v) is 13.1. The zero-order chi connectivity index (χ0) is 13.6. The largest absolute Gasteiger partial charge is 0.0616 e. The summed E-state index contributed by atoms with van der Waals surface area (Å²) in [4.78, 5) is 2.05. The summed E-state index contributed by atoms with van der Waals surface area (Å²) in [7, 11) is 0. The summed E-state index contributed by atoms with van der Waals surface area (Å²) in [6.07, 6.45) is 0. The Balaban J connectivity index is 2.27. The van der Waals surface area contributed by atoms with Gasteiger partial charge in [-0.15, -0.1) is 0 Å². The fraction of sp³-hybridized carbons (Fsp3) is 0.222. The van der Waals surface area contributed by atoms with E-state index in [1.165, 1.54) is 33.4 Å². The molecule has 0 radical (unpaired) electrons. The Kier molecular flexibility index (Phi) is 2.90. The van der Waals surface area contributed by atoms with Gasteiger partial charge in [-0.2, -0.15) is 0 Å². The van der Waals surface area contributed by atoms with Gasteiger partial charge in [-0.25, -0.2) is 0 Å². The topological polar surface area (TPSA) is 0 Å². The van der Waals surface area contributed by atoms with Gasteiger partial charge in [0.15, 0.2) is 0 Å². The summed E-state index contributed by atoms with van der Waals surface area (Å²) in [5, 5.41) is 0. The molecule has 0 amide bonds. The lowest BCUT2D eigenvalue weighted by Crippen LogP contribution is -2.11. The van der Waals surface area contributed by atoms with Gasteiger partial charge in [0.2, 0.25) is 0 Å². The third kappa shape index (κ3) is 1.97. The molecule has 0 saturated heterocycles. The minimum absolute atomic E-state index is 0.182. The van der Waals surface area contributed by atoms with Crippen LogP contribution in [0.3, 0.4) is 0 Å². The SMILES string of the molecule is CC(C)(C)c1ccc2c(c1)C(=CBr)c1ccccc1-2. The number of hydrogen-bond donors (Lipinski definition) is 0. The van der Waals surface area contributed by atoms with Gasteiger partial charge in [-0.3, -0.25) is 0 Å². The van der Waals surface area contributed by atoms with Crippen LogP contribution in [0, 0.1) is 0 Å². The molecule has 0 atom stereocenters. The Morgan fingerprint density at radius 3 is 2.11 bits per heavy atom. The van der Waals surface area contributed by atoms with Crippen LogP contribution in [-0.4, -0.2) is 0 Å². The molecule has 2 aromatic rings. The van der Waals surface area contributed by atoms with Crippen molar-refractivity contribution in [3.05, 3.63) is 64.1 Å². The number of hydrogen-bond acceptors (Lipinski definition) is 0. The molecular formula is C18H17Br. The molecule has 3 rings (SSSR count). The van der Waals surface area contributed by atoms with Gasteiger partial charge in [0, 0.05) is 0 Å². The fourth-order valence-corrected chi connectivity index (χ4v) is 3.18. The third-order valence-electron chi connectivity index (χ3n) is 3.79. The molecule has 19 heavy (non-hydrogen) atoms. The van der Waals surface area contributed by atoms with Gasteiger partial charge in [0.25, 0.3) is 0 Å². The van der Waals surface area contributed by atoms with E-state index in [4.69, 9.17) is 0 Å². The second kappa shape index (κ2) is 4.35. The number of halogens is 1. The van der Waals surface area contributed by atoms with Crippen molar-refractivity contribution in [2.45, 2.75) is 26.2 Å². The van der Waals surface area contributed by atoms with Crippen LogP contribution in [0.1, 0.15) is 37.5 Å². The van der Waals surface area contributed by atoms with Crippen molar-refractivity contribution in [3.8, 4) is 11.1 Å². The summed E-state index contributed by atoms with van der Waals surface area (Å²) in [6, 6.07) is 15.5. The molecule has 0 nitrogen and oxygen atoms in total. The maximum absolute atomic E-state index is 3.53. The van der Waals surface area contributed by atoms with E-state index in [1.807, 2.05) is 4.99 Å². The summed E-state index contributed by atoms with van der Waals surface area (Å²) >= 11 is 3.53. The van der Waals surface area contributed by atoms with E-state index in [9.17, 15) is 0 Å². The standard InChI is InChI=1S/C18H17Br/c1-18(2,3)12-8-9-15-13-6-4-5-7-14(13)17(11-19)16(15)10-12/h4-11H,1-3H3. The van der Waals surface area contributed by atoms with Crippen molar-refractivity contribution in [3.63, 3.8) is 0 Å². The minimum Gasteiger partial charge on any atom is -0.0616 e. The van der Waals surface area contributed by atoms with Gasteiger partial charge < -0.3 is 0 Å². The molecule has 0 heterocycles. The molecule has 96 valence electrons. The molecule has 1 aliphatic carbocycles. The molecule has 0 bridgehead atoms. The lowest BCUT2D eigenvalue weighted by molar-refractivity contribution is 0.590.